The molecule has 1 aliphatic heterocycles. The maximum absolute atomic E-state index is 11.6. The quantitative estimate of drug-likeness (QED) is 0.882. The highest BCUT2D eigenvalue weighted by Crippen LogP contribution is 2.36. The number of pyridine rings is 1. The summed E-state index contributed by atoms with van der Waals surface area (Å²) in [6.45, 7) is 1.29. The number of halogens is 1. The molecule has 5 heteroatoms. The van der Waals surface area contributed by atoms with Gasteiger partial charge in [-0.05, 0) is 23.3 Å². The number of carbonyl (C=O) groups is 1. The van der Waals surface area contributed by atoms with Crippen molar-refractivity contribution >= 4 is 23.2 Å². The first-order valence-corrected chi connectivity index (χ1v) is 6.76. The molecule has 1 atom stereocenters. The summed E-state index contributed by atoms with van der Waals surface area (Å²) in [6, 6.07) is 11.6. The molecule has 1 aliphatic rings. The number of hydrogen-bond acceptors (Lipinski definition) is 3. The fraction of sp³-hybridized carbons (Fsp3) is 0.200. The Morgan fingerprint density at radius 2 is 2.15 bits per heavy atom. The summed E-state index contributed by atoms with van der Waals surface area (Å²) in [5.74, 6) is -0.527. The minimum Gasteiger partial charge on any atom is -0.369 e. The van der Waals surface area contributed by atoms with Gasteiger partial charge >= 0.3 is 0 Å². The Hall–Kier alpha value is -2.07. The topological polar surface area (TPSA) is 59.2 Å². The van der Waals surface area contributed by atoms with Crippen molar-refractivity contribution in [3.05, 3.63) is 58.9 Å². The summed E-state index contributed by atoms with van der Waals surface area (Å²) in [5, 5.41) is 0.477. The van der Waals surface area contributed by atoms with Crippen LogP contribution in [0.5, 0.6) is 0 Å². The second-order valence-electron chi connectivity index (χ2n) is 4.88. The highest BCUT2D eigenvalue weighted by molar-refractivity contribution is 6.29. The molecule has 0 unspecified atom stereocenters. The van der Waals surface area contributed by atoms with E-state index >= 15 is 0 Å². The zero-order chi connectivity index (χ0) is 14.1. The summed E-state index contributed by atoms with van der Waals surface area (Å²) in [7, 11) is 0. The van der Waals surface area contributed by atoms with Gasteiger partial charge in [0, 0.05) is 25.0 Å². The molecule has 0 radical (unpaired) electrons. The number of amides is 1. The van der Waals surface area contributed by atoms with Crippen molar-refractivity contribution < 1.29 is 4.79 Å². The molecule has 0 fully saturated rings. The van der Waals surface area contributed by atoms with Crippen molar-refractivity contribution in [3.63, 3.8) is 0 Å². The number of fused-ring (bicyclic) bond motifs is 1. The van der Waals surface area contributed by atoms with Gasteiger partial charge in [-0.1, -0.05) is 35.9 Å². The van der Waals surface area contributed by atoms with E-state index in [2.05, 4.69) is 9.88 Å². The molecule has 20 heavy (non-hydrogen) atoms. The van der Waals surface area contributed by atoms with E-state index in [-0.39, 0.29) is 11.8 Å². The molecule has 0 saturated carbocycles. The average molecular weight is 288 g/mol. The van der Waals surface area contributed by atoms with Crippen LogP contribution in [-0.2, 0) is 11.3 Å². The summed E-state index contributed by atoms with van der Waals surface area (Å²) in [5.41, 5.74) is 8.61. The number of hydrogen-bond donors (Lipinski definition) is 1. The highest BCUT2D eigenvalue weighted by atomic mass is 35.5. The molecule has 1 amide bonds. The molecule has 2 N–H and O–H groups in total. The Labute approximate surface area is 122 Å². The molecule has 4 nitrogen and oxygen atoms in total. The Bertz CT molecular complexity index is 642. The Kier molecular flexibility index (Phi) is 3.32. The van der Waals surface area contributed by atoms with E-state index in [1.54, 1.807) is 12.3 Å². The predicted octanol–water partition coefficient (Wildman–Crippen LogP) is 2.32. The Balaban J connectivity index is 1.88. The predicted molar refractivity (Wildman–Crippen MR) is 78.7 cm³/mol. The fourth-order valence-electron chi connectivity index (χ4n) is 2.60. The van der Waals surface area contributed by atoms with E-state index in [0.29, 0.717) is 18.2 Å². The van der Waals surface area contributed by atoms with Gasteiger partial charge in [0.15, 0.2) is 0 Å². The second kappa shape index (κ2) is 5.13. The molecule has 102 valence electrons. The monoisotopic (exact) mass is 287 g/mol. The normalized spacial score (nSPS) is 17.1. The van der Waals surface area contributed by atoms with Crippen molar-refractivity contribution in [2.75, 3.05) is 11.4 Å². The maximum atomic E-state index is 11.6. The van der Waals surface area contributed by atoms with Crippen LogP contribution in [-0.4, -0.2) is 17.4 Å². The summed E-state index contributed by atoms with van der Waals surface area (Å²) >= 11 is 5.79. The van der Waals surface area contributed by atoms with Crippen LogP contribution in [0.4, 0.5) is 5.69 Å². The third-order valence-electron chi connectivity index (χ3n) is 3.56. The van der Waals surface area contributed by atoms with E-state index in [1.807, 2.05) is 30.3 Å². The van der Waals surface area contributed by atoms with Crippen LogP contribution in [0.1, 0.15) is 17.0 Å². The largest absolute Gasteiger partial charge is 0.369 e. The first kappa shape index (κ1) is 12.9. The zero-order valence-corrected chi connectivity index (χ0v) is 11.5. The van der Waals surface area contributed by atoms with E-state index in [9.17, 15) is 4.79 Å². The van der Waals surface area contributed by atoms with E-state index in [1.165, 1.54) is 0 Å². The summed E-state index contributed by atoms with van der Waals surface area (Å²) < 4.78 is 0. The van der Waals surface area contributed by atoms with Gasteiger partial charge in [0.1, 0.15) is 5.15 Å². The smallest absolute Gasteiger partial charge is 0.226 e. The van der Waals surface area contributed by atoms with Gasteiger partial charge in [-0.25, -0.2) is 4.98 Å². The van der Waals surface area contributed by atoms with E-state index in [0.717, 1.165) is 16.8 Å². The van der Waals surface area contributed by atoms with Crippen molar-refractivity contribution in [3.8, 4) is 0 Å². The lowest BCUT2D eigenvalue weighted by molar-refractivity contribution is -0.119. The van der Waals surface area contributed by atoms with Gasteiger partial charge in [-0.3, -0.25) is 4.79 Å². The van der Waals surface area contributed by atoms with Gasteiger partial charge in [0.25, 0.3) is 0 Å². The van der Waals surface area contributed by atoms with E-state index in [4.69, 9.17) is 17.3 Å². The van der Waals surface area contributed by atoms with Crippen molar-refractivity contribution in [2.45, 2.75) is 12.5 Å². The summed E-state index contributed by atoms with van der Waals surface area (Å²) in [6.07, 6.45) is 1.75. The number of aromatic nitrogens is 1. The standard InChI is InChI=1S/C15H14ClN3O/c16-14-6-5-10(7-18-14)8-19-9-12(15(17)20)11-3-1-2-4-13(11)19/h1-7,12H,8-9H2,(H2,17,20)/t12-/m1/s1. The van der Waals surface area contributed by atoms with E-state index < -0.39 is 0 Å². The second-order valence-corrected chi connectivity index (χ2v) is 5.27. The van der Waals surface area contributed by atoms with Crippen LogP contribution in [0, 0.1) is 0 Å². The molecule has 2 aromatic rings. The maximum Gasteiger partial charge on any atom is 0.226 e. The van der Waals surface area contributed by atoms with Crippen LogP contribution in [0.3, 0.4) is 0 Å². The number of benzene rings is 1. The van der Waals surface area contributed by atoms with Gasteiger partial charge in [-0.2, -0.15) is 0 Å². The molecule has 3 rings (SSSR count). The molecule has 1 aromatic heterocycles. The number of carbonyl (C=O) groups excluding carboxylic acids is 1. The van der Waals surface area contributed by atoms with Crippen LogP contribution in [0.25, 0.3) is 0 Å². The third-order valence-corrected chi connectivity index (χ3v) is 3.78. The molecular formula is C15H14ClN3O. The van der Waals surface area contributed by atoms with Crippen LogP contribution >= 0.6 is 11.6 Å². The molecule has 1 aromatic carbocycles. The molecule has 0 spiro atoms. The van der Waals surface area contributed by atoms with Crippen LogP contribution < -0.4 is 10.6 Å². The first-order valence-electron chi connectivity index (χ1n) is 6.39. The molecular weight excluding hydrogens is 274 g/mol. The summed E-state index contributed by atoms with van der Waals surface area (Å²) in [4.78, 5) is 17.8. The number of anilines is 1. The van der Waals surface area contributed by atoms with Crippen molar-refractivity contribution in [1.29, 1.82) is 0 Å². The highest BCUT2D eigenvalue weighted by Gasteiger charge is 2.31. The average Bonchev–Trinajstić information content (AvgIpc) is 2.81. The molecule has 2 heterocycles. The van der Waals surface area contributed by atoms with Crippen LogP contribution in [0.2, 0.25) is 5.15 Å². The minimum absolute atomic E-state index is 0.244. The Morgan fingerprint density at radius 3 is 2.85 bits per heavy atom. The molecule has 0 saturated heterocycles. The minimum atomic E-state index is -0.283. The molecule has 0 bridgehead atoms. The lowest BCUT2D eigenvalue weighted by Crippen LogP contribution is -2.27. The van der Waals surface area contributed by atoms with Crippen molar-refractivity contribution in [1.82, 2.24) is 4.98 Å². The van der Waals surface area contributed by atoms with Gasteiger partial charge in [0.05, 0.1) is 5.92 Å². The Morgan fingerprint density at radius 1 is 1.35 bits per heavy atom. The SMILES string of the molecule is NC(=O)[C@@H]1CN(Cc2ccc(Cl)nc2)c2ccccc21. The number of primary amides is 1. The van der Waals surface area contributed by atoms with Gasteiger partial charge in [0.2, 0.25) is 5.91 Å². The number of para-hydroxylation sites is 1. The first-order chi connectivity index (χ1) is 9.65. The van der Waals surface area contributed by atoms with Gasteiger partial charge < -0.3 is 10.6 Å². The number of nitrogens with two attached hydrogens (primary N) is 1. The van der Waals surface area contributed by atoms with Gasteiger partial charge in [-0.15, -0.1) is 0 Å². The zero-order valence-electron chi connectivity index (χ0n) is 10.8. The number of nitrogens with zero attached hydrogens (tertiary/aromatic N) is 2. The lowest BCUT2D eigenvalue weighted by atomic mass is 10.0. The third kappa shape index (κ3) is 2.34. The number of rotatable bonds is 3. The molecule has 0 aliphatic carbocycles. The fourth-order valence-corrected chi connectivity index (χ4v) is 2.71. The lowest BCUT2D eigenvalue weighted by Gasteiger charge is -2.19. The van der Waals surface area contributed by atoms with Crippen molar-refractivity contribution in [2.24, 2.45) is 5.73 Å². The van der Waals surface area contributed by atoms with Crippen LogP contribution in [0.15, 0.2) is 42.6 Å².